The number of ether oxygens (including phenoxy) is 2. The molecule has 0 saturated carbocycles. The van der Waals surface area contributed by atoms with Crippen LogP contribution in [0.25, 0.3) is 0 Å². The lowest BCUT2D eigenvalue weighted by Crippen LogP contribution is -2.44. The van der Waals surface area contributed by atoms with Crippen molar-refractivity contribution in [3.8, 4) is 5.75 Å². The van der Waals surface area contributed by atoms with Gasteiger partial charge in [-0.1, -0.05) is 0 Å². The number of nitro benzene ring substituents is 1. The zero-order chi connectivity index (χ0) is 19.1. The highest BCUT2D eigenvalue weighted by molar-refractivity contribution is 5.92. The van der Waals surface area contributed by atoms with E-state index >= 15 is 0 Å². The van der Waals surface area contributed by atoms with E-state index in [4.69, 9.17) is 9.47 Å². The van der Waals surface area contributed by atoms with E-state index in [9.17, 15) is 19.7 Å². The Labute approximate surface area is 146 Å². The zero-order valence-electron chi connectivity index (χ0n) is 15.1. The van der Waals surface area contributed by atoms with Crippen LogP contribution in [-0.4, -0.2) is 47.0 Å². The second-order valence-corrected chi connectivity index (χ2v) is 5.94. The fourth-order valence-corrected chi connectivity index (χ4v) is 2.52. The van der Waals surface area contributed by atoms with Crippen LogP contribution < -0.4 is 4.74 Å². The van der Waals surface area contributed by atoms with Crippen molar-refractivity contribution in [2.24, 2.45) is 0 Å². The molecule has 0 unspecified atom stereocenters. The van der Waals surface area contributed by atoms with Crippen LogP contribution in [0, 0.1) is 10.1 Å². The maximum Gasteiger partial charge on any atom is 0.338 e. The monoisotopic (exact) mass is 352 g/mol. The minimum atomic E-state index is -0.799. The first-order valence-electron chi connectivity index (χ1n) is 8.08. The predicted octanol–water partition coefficient (Wildman–Crippen LogP) is 2.80. The maximum atomic E-state index is 12.2. The Bertz CT molecular complexity index is 634. The SMILES string of the molecule is CCOc1ccc(C(=O)OCC(=O)N(C(C)C)C(C)C)cc1[N+](=O)[O-]. The number of hydrogen-bond acceptors (Lipinski definition) is 6. The highest BCUT2D eigenvalue weighted by Gasteiger charge is 2.23. The number of carbonyl (C=O) groups excluding carboxylic acids is 2. The number of nitro groups is 1. The van der Waals surface area contributed by atoms with E-state index in [1.807, 2.05) is 27.7 Å². The van der Waals surface area contributed by atoms with Gasteiger partial charge in [0.2, 0.25) is 0 Å². The fourth-order valence-electron chi connectivity index (χ4n) is 2.52. The first-order valence-corrected chi connectivity index (χ1v) is 8.08. The molecule has 0 saturated heterocycles. The topological polar surface area (TPSA) is 99.0 Å². The highest BCUT2D eigenvalue weighted by Crippen LogP contribution is 2.28. The number of hydrogen-bond donors (Lipinski definition) is 0. The van der Waals surface area contributed by atoms with Crippen LogP contribution in [0.3, 0.4) is 0 Å². The molecule has 0 N–H and O–H groups in total. The van der Waals surface area contributed by atoms with Crippen LogP contribution >= 0.6 is 0 Å². The average Bonchev–Trinajstić information content (AvgIpc) is 2.52. The molecule has 138 valence electrons. The number of amides is 1. The van der Waals surface area contributed by atoms with Gasteiger partial charge in [0.05, 0.1) is 17.1 Å². The molecule has 0 heterocycles. The molecular weight excluding hydrogens is 328 g/mol. The van der Waals surface area contributed by atoms with Crippen molar-refractivity contribution < 1.29 is 24.0 Å². The Kier molecular flexibility index (Phi) is 7.35. The molecule has 8 heteroatoms. The van der Waals surface area contributed by atoms with E-state index in [2.05, 4.69) is 0 Å². The molecule has 1 aromatic carbocycles. The largest absolute Gasteiger partial charge is 0.487 e. The van der Waals surface area contributed by atoms with Crippen LogP contribution in [0.15, 0.2) is 18.2 Å². The van der Waals surface area contributed by atoms with Gasteiger partial charge in [0.25, 0.3) is 5.91 Å². The summed E-state index contributed by atoms with van der Waals surface area (Å²) in [5, 5.41) is 11.1. The van der Waals surface area contributed by atoms with Crippen molar-refractivity contribution >= 4 is 17.6 Å². The molecule has 1 aromatic rings. The molecule has 0 aliphatic carbocycles. The third-order valence-electron chi connectivity index (χ3n) is 3.42. The Morgan fingerprint density at radius 1 is 1.20 bits per heavy atom. The summed E-state index contributed by atoms with van der Waals surface area (Å²) in [7, 11) is 0. The van der Waals surface area contributed by atoms with Gasteiger partial charge in [0, 0.05) is 18.2 Å². The summed E-state index contributed by atoms with van der Waals surface area (Å²) in [5.41, 5.74) is -0.336. The van der Waals surface area contributed by atoms with Crippen molar-refractivity contribution in [2.45, 2.75) is 46.7 Å². The summed E-state index contributed by atoms with van der Waals surface area (Å²) in [6.45, 7) is 9.03. The van der Waals surface area contributed by atoms with Crippen molar-refractivity contribution in [1.29, 1.82) is 0 Å². The second-order valence-electron chi connectivity index (χ2n) is 5.94. The summed E-state index contributed by atoms with van der Waals surface area (Å²) in [6, 6.07) is 3.73. The third kappa shape index (κ3) is 5.44. The van der Waals surface area contributed by atoms with E-state index in [0.29, 0.717) is 0 Å². The molecule has 0 radical (unpaired) electrons. The van der Waals surface area contributed by atoms with Gasteiger partial charge in [0.15, 0.2) is 12.4 Å². The van der Waals surface area contributed by atoms with Gasteiger partial charge < -0.3 is 14.4 Å². The highest BCUT2D eigenvalue weighted by atomic mass is 16.6. The normalized spacial score (nSPS) is 10.7. The van der Waals surface area contributed by atoms with E-state index in [1.165, 1.54) is 12.1 Å². The molecule has 0 aromatic heterocycles. The lowest BCUT2D eigenvalue weighted by Gasteiger charge is -2.30. The van der Waals surface area contributed by atoms with Crippen molar-refractivity contribution in [1.82, 2.24) is 4.90 Å². The van der Waals surface area contributed by atoms with Gasteiger partial charge in [-0.25, -0.2) is 4.79 Å². The third-order valence-corrected chi connectivity index (χ3v) is 3.42. The van der Waals surface area contributed by atoms with E-state index < -0.39 is 17.5 Å². The molecule has 0 aliphatic heterocycles. The van der Waals surface area contributed by atoms with Gasteiger partial charge >= 0.3 is 11.7 Å². The Morgan fingerprint density at radius 2 is 1.80 bits per heavy atom. The lowest BCUT2D eigenvalue weighted by atomic mass is 10.2. The summed E-state index contributed by atoms with van der Waals surface area (Å²) >= 11 is 0. The lowest BCUT2D eigenvalue weighted by molar-refractivity contribution is -0.385. The Hall–Kier alpha value is -2.64. The first kappa shape index (κ1) is 20.4. The average molecular weight is 352 g/mol. The molecule has 1 rings (SSSR count). The Balaban J connectivity index is 2.86. The number of carbonyl (C=O) groups is 2. The predicted molar refractivity (Wildman–Crippen MR) is 91.7 cm³/mol. The molecule has 8 nitrogen and oxygen atoms in total. The van der Waals surface area contributed by atoms with Crippen LogP contribution in [0.5, 0.6) is 5.75 Å². The summed E-state index contributed by atoms with van der Waals surface area (Å²) < 4.78 is 10.2. The summed E-state index contributed by atoms with van der Waals surface area (Å²) in [4.78, 5) is 36.4. The first-order chi connectivity index (χ1) is 11.7. The number of rotatable bonds is 8. The zero-order valence-corrected chi connectivity index (χ0v) is 15.1. The molecule has 0 spiro atoms. The number of esters is 1. The van der Waals surface area contributed by atoms with Gasteiger partial charge in [0.1, 0.15) is 0 Å². The van der Waals surface area contributed by atoms with Gasteiger partial charge in [-0.05, 0) is 46.8 Å². The number of nitrogens with zero attached hydrogens (tertiary/aromatic N) is 2. The molecule has 0 fully saturated rings. The van der Waals surface area contributed by atoms with Crippen molar-refractivity contribution in [3.63, 3.8) is 0 Å². The minimum absolute atomic E-state index is 0.0106. The molecule has 0 atom stereocenters. The smallest absolute Gasteiger partial charge is 0.338 e. The fraction of sp³-hybridized carbons (Fsp3) is 0.529. The maximum absolute atomic E-state index is 12.2. The Morgan fingerprint density at radius 3 is 2.28 bits per heavy atom. The number of benzene rings is 1. The second kappa shape index (κ2) is 9.00. The minimum Gasteiger partial charge on any atom is -0.487 e. The van der Waals surface area contributed by atoms with Gasteiger partial charge in [-0.15, -0.1) is 0 Å². The van der Waals surface area contributed by atoms with Crippen molar-refractivity contribution in [3.05, 3.63) is 33.9 Å². The summed E-state index contributed by atoms with van der Waals surface area (Å²) in [5.74, 6) is -1.04. The van der Waals surface area contributed by atoms with Crippen LogP contribution in [0.4, 0.5) is 5.69 Å². The van der Waals surface area contributed by atoms with Gasteiger partial charge in [-0.3, -0.25) is 14.9 Å². The van der Waals surface area contributed by atoms with Crippen LogP contribution in [0.2, 0.25) is 0 Å². The molecule has 0 aliphatic rings. The van der Waals surface area contributed by atoms with E-state index in [1.54, 1.807) is 11.8 Å². The molecular formula is C17H24N2O6. The molecule has 1 amide bonds. The standard InChI is InChI=1S/C17H24N2O6/c1-6-24-15-8-7-13(9-14(15)19(22)23)17(21)25-10-16(20)18(11(2)3)12(4)5/h7-9,11-12H,6,10H2,1-5H3. The van der Waals surface area contributed by atoms with Crippen molar-refractivity contribution in [2.75, 3.05) is 13.2 Å². The summed E-state index contributed by atoms with van der Waals surface area (Å²) in [6.07, 6.45) is 0. The molecule has 25 heavy (non-hydrogen) atoms. The van der Waals surface area contributed by atoms with E-state index in [-0.39, 0.29) is 41.6 Å². The van der Waals surface area contributed by atoms with Crippen LogP contribution in [0.1, 0.15) is 45.0 Å². The quantitative estimate of drug-likeness (QED) is 0.405. The van der Waals surface area contributed by atoms with Gasteiger partial charge in [-0.2, -0.15) is 0 Å². The van der Waals surface area contributed by atoms with E-state index in [0.717, 1.165) is 6.07 Å². The van der Waals surface area contributed by atoms with Crippen LogP contribution in [-0.2, 0) is 9.53 Å². The molecule has 0 bridgehead atoms.